The van der Waals surface area contributed by atoms with E-state index in [1.807, 2.05) is 12.1 Å². The molecule has 2 heterocycles. The van der Waals surface area contributed by atoms with Crippen molar-refractivity contribution in [3.63, 3.8) is 0 Å². The first-order valence-electron chi connectivity index (χ1n) is 10.2. The fraction of sp³-hybridized carbons (Fsp3) is 0.273. The predicted molar refractivity (Wildman–Crippen MR) is 115 cm³/mol. The molecule has 1 amide bonds. The van der Waals surface area contributed by atoms with Crippen LogP contribution < -0.4 is 5.32 Å². The fourth-order valence-corrected chi connectivity index (χ4v) is 5.30. The number of nitrogens with one attached hydrogen (secondary N) is 1. The Labute approximate surface area is 188 Å². The van der Waals surface area contributed by atoms with Crippen LogP contribution in [-0.2, 0) is 21.0 Å². The zero-order valence-electron chi connectivity index (χ0n) is 17.4. The van der Waals surface area contributed by atoms with E-state index in [0.717, 1.165) is 28.2 Å². The number of amides is 1. The summed E-state index contributed by atoms with van der Waals surface area (Å²) in [7, 11) is -4.10. The van der Waals surface area contributed by atoms with Gasteiger partial charge in [0.05, 0.1) is 28.2 Å². The summed E-state index contributed by atoms with van der Waals surface area (Å²) in [5.41, 5.74) is 0.321. The maximum absolute atomic E-state index is 13.0. The van der Waals surface area contributed by atoms with Gasteiger partial charge >= 0.3 is 6.18 Å². The highest BCUT2D eigenvalue weighted by Crippen LogP contribution is 2.32. The van der Waals surface area contributed by atoms with Crippen LogP contribution in [-0.4, -0.2) is 41.3 Å². The number of nitrogens with zero attached hydrogens (tertiary/aromatic N) is 3. The third kappa shape index (κ3) is 4.93. The zero-order chi connectivity index (χ0) is 23.6. The molecule has 174 valence electrons. The van der Waals surface area contributed by atoms with Gasteiger partial charge in [-0.3, -0.25) is 4.79 Å². The molecular weight excluding hydrogens is 457 g/mol. The number of carbonyl (C=O) groups excluding carboxylic acids is 1. The van der Waals surface area contributed by atoms with Crippen LogP contribution >= 0.6 is 0 Å². The Bertz CT molecular complexity index is 1240. The predicted octanol–water partition coefficient (Wildman–Crippen LogP) is 3.93. The van der Waals surface area contributed by atoms with E-state index < -0.39 is 32.6 Å². The number of para-hydroxylation sites is 2. The number of halogens is 3. The summed E-state index contributed by atoms with van der Waals surface area (Å²) in [5.74, 6) is -0.660. The van der Waals surface area contributed by atoms with Gasteiger partial charge < -0.3 is 9.88 Å². The van der Waals surface area contributed by atoms with Crippen LogP contribution in [0.4, 0.5) is 18.9 Å². The highest BCUT2D eigenvalue weighted by atomic mass is 32.2. The molecule has 0 saturated carbocycles. The Morgan fingerprint density at radius 3 is 2.45 bits per heavy atom. The summed E-state index contributed by atoms with van der Waals surface area (Å²) in [6.07, 6.45) is 0.877. The van der Waals surface area contributed by atoms with Crippen molar-refractivity contribution in [3.05, 3.63) is 72.8 Å². The largest absolute Gasteiger partial charge is 0.416 e. The van der Waals surface area contributed by atoms with E-state index in [4.69, 9.17) is 0 Å². The molecule has 33 heavy (non-hydrogen) atoms. The highest BCUT2D eigenvalue weighted by Gasteiger charge is 2.35. The molecule has 0 atom stereocenters. The van der Waals surface area contributed by atoms with Gasteiger partial charge in [-0.15, -0.1) is 0 Å². The molecule has 1 saturated heterocycles. The van der Waals surface area contributed by atoms with Crippen LogP contribution in [0.2, 0.25) is 0 Å². The molecule has 0 bridgehead atoms. The van der Waals surface area contributed by atoms with Crippen molar-refractivity contribution in [2.75, 3.05) is 18.4 Å². The maximum atomic E-state index is 13.0. The molecule has 0 radical (unpaired) electrons. The SMILES string of the molecule is O=C(Nc1ccccc1-n1ccnc1)C1CCN(S(=O)(=O)c2cccc(C(F)(F)F)c2)CC1. The van der Waals surface area contributed by atoms with E-state index in [1.54, 1.807) is 35.4 Å². The van der Waals surface area contributed by atoms with E-state index in [9.17, 15) is 26.4 Å². The van der Waals surface area contributed by atoms with Gasteiger partial charge in [-0.1, -0.05) is 18.2 Å². The second kappa shape index (κ2) is 8.99. The van der Waals surface area contributed by atoms with Gasteiger partial charge in [-0.05, 0) is 43.2 Å². The number of hydrogen-bond acceptors (Lipinski definition) is 4. The van der Waals surface area contributed by atoms with Crippen molar-refractivity contribution < 1.29 is 26.4 Å². The quantitative estimate of drug-likeness (QED) is 0.602. The highest BCUT2D eigenvalue weighted by molar-refractivity contribution is 7.89. The van der Waals surface area contributed by atoms with E-state index in [1.165, 1.54) is 0 Å². The van der Waals surface area contributed by atoms with E-state index in [0.29, 0.717) is 11.8 Å². The summed E-state index contributed by atoms with van der Waals surface area (Å²) in [5, 5.41) is 2.90. The summed E-state index contributed by atoms with van der Waals surface area (Å²) >= 11 is 0. The minimum atomic E-state index is -4.64. The number of rotatable bonds is 5. The first kappa shape index (κ1) is 23.0. The van der Waals surface area contributed by atoms with E-state index in [2.05, 4.69) is 10.3 Å². The molecule has 1 aromatic heterocycles. The van der Waals surface area contributed by atoms with E-state index >= 15 is 0 Å². The summed E-state index contributed by atoms with van der Waals surface area (Å²) in [4.78, 5) is 16.4. The minimum Gasteiger partial charge on any atom is -0.324 e. The van der Waals surface area contributed by atoms with Gasteiger partial charge in [0.1, 0.15) is 0 Å². The third-order valence-electron chi connectivity index (χ3n) is 5.57. The minimum absolute atomic E-state index is 0.0415. The van der Waals surface area contributed by atoms with E-state index in [-0.39, 0.29) is 31.8 Å². The summed E-state index contributed by atoms with van der Waals surface area (Å²) < 4.78 is 67.5. The van der Waals surface area contributed by atoms with Crippen LogP contribution in [0.5, 0.6) is 0 Å². The molecule has 7 nitrogen and oxygen atoms in total. The van der Waals surface area contributed by atoms with Gasteiger partial charge in [0.25, 0.3) is 0 Å². The van der Waals surface area contributed by atoms with Crippen molar-refractivity contribution in [1.82, 2.24) is 13.9 Å². The van der Waals surface area contributed by atoms with Crippen LogP contribution in [0, 0.1) is 5.92 Å². The molecule has 0 aliphatic carbocycles. The molecule has 3 aromatic rings. The fourth-order valence-electron chi connectivity index (χ4n) is 3.78. The normalized spacial score (nSPS) is 16.0. The molecular formula is C22H21F3N4O3S. The molecule has 1 N–H and O–H groups in total. The lowest BCUT2D eigenvalue weighted by molar-refractivity contribution is -0.137. The Hall–Kier alpha value is -3.18. The second-order valence-electron chi connectivity index (χ2n) is 7.68. The lowest BCUT2D eigenvalue weighted by Gasteiger charge is -2.30. The van der Waals surface area contributed by atoms with Crippen LogP contribution in [0.3, 0.4) is 0 Å². The Balaban J connectivity index is 1.43. The lowest BCUT2D eigenvalue weighted by atomic mass is 9.97. The van der Waals surface area contributed by atoms with Gasteiger partial charge in [0.2, 0.25) is 15.9 Å². The number of imidazole rings is 1. The molecule has 0 spiro atoms. The number of carbonyl (C=O) groups is 1. The molecule has 1 aliphatic rings. The van der Waals surface area contributed by atoms with Gasteiger partial charge in [-0.2, -0.15) is 17.5 Å². The van der Waals surface area contributed by atoms with Crippen LogP contribution in [0.15, 0.2) is 72.1 Å². The summed E-state index contributed by atoms with van der Waals surface area (Å²) in [6, 6.07) is 10.9. The van der Waals surface area contributed by atoms with Crippen molar-refractivity contribution in [3.8, 4) is 5.69 Å². The Morgan fingerprint density at radius 1 is 1.06 bits per heavy atom. The van der Waals surface area contributed by atoms with Crippen molar-refractivity contribution >= 4 is 21.6 Å². The number of anilines is 1. The number of piperidine rings is 1. The topological polar surface area (TPSA) is 84.3 Å². The van der Waals surface area contributed by atoms with Crippen LogP contribution in [0.25, 0.3) is 5.69 Å². The molecule has 1 aliphatic heterocycles. The zero-order valence-corrected chi connectivity index (χ0v) is 18.2. The molecule has 11 heteroatoms. The van der Waals surface area contributed by atoms with Crippen molar-refractivity contribution in [2.45, 2.75) is 23.9 Å². The molecule has 4 rings (SSSR count). The molecule has 1 fully saturated rings. The Kier molecular flexibility index (Phi) is 6.26. The van der Waals surface area contributed by atoms with Crippen LogP contribution in [0.1, 0.15) is 18.4 Å². The van der Waals surface area contributed by atoms with Crippen molar-refractivity contribution in [2.24, 2.45) is 5.92 Å². The Morgan fingerprint density at radius 2 is 1.79 bits per heavy atom. The number of alkyl halides is 3. The molecule has 0 unspecified atom stereocenters. The van der Waals surface area contributed by atoms with Gasteiger partial charge in [0, 0.05) is 31.4 Å². The third-order valence-corrected chi connectivity index (χ3v) is 7.46. The average Bonchev–Trinajstić information content (AvgIpc) is 3.34. The van der Waals surface area contributed by atoms with Gasteiger partial charge in [0.15, 0.2) is 0 Å². The average molecular weight is 478 g/mol. The molecule has 2 aromatic carbocycles. The second-order valence-corrected chi connectivity index (χ2v) is 9.62. The maximum Gasteiger partial charge on any atom is 0.416 e. The number of benzene rings is 2. The first-order chi connectivity index (χ1) is 15.7. The monoisotopic (exact) mass is 478 g/mol. The number of hydrogen-bond donors (Lipinski definition) is 1. The number of sulfonamides is 1. The lowest BCUT2D eigenvalue weighted by Crippen LogP contribution is -2.41. The summed E-state index contributed by atoms with van der Waals surface area (Å²) in [6.45, 7) is 0.0830. The smallest absolute Gasteiger partial charge is 0.324 e. The first-order valence-corrected chi connectivity index (χ1v) is 11.7. The number of aromatic nitrogens is 2. The van der Waals surface area contributed by atoms with Crippen molar-refractivity contribution in [1.29, 1.82) is 0 Å². The standard InChI is InChI=1S/C22H21F3N4O3S/c23-22(24,25)17-4-3-5-18(14-17)33(31,32)29-11-8-16(9-12-29)21(30)27-19-6-1-2-7-20(19)28-13-10-26-15-28/h1-7,10,13-16H,8-9,11-12H2,(H,27,30). The van der Waals surface area contributed by atoms with Gasteiger partial charge in [-0.25, -0.2) is 13.4 Å².